The molecule has 0 aliphatic carbocycles. The molecule has 3 heteroatoms. The first-order chi connectivity index (χ1) is 10.1. The van der Waals surface area contributed by atoms with Crippen molar-refractivity contribution in [1.82, 2.24) is 5.32 Å². The number of rotatable bonds is 6. The minimum Gasteiger partial charge on any atom is -0.457 e. The van der Waals surface area contributed by atoms with Crippen LogP contribution in [0.1, 0.15) is 31.9 Å². The Bertz CT molecular complexity index is 596. The summed E-state index contributed by atoms with van der Waals surface area (Å²) in [5, 5.41) is 3.42. The van der Waals surface area contributed by atoms with Crippen molar-refractivity contribution < 1.29 is 4.74 Å². The maximum absolute atomic E-state index is 5.93. The maximum Gasteiger partial charge on any atom is 0.128 e. The molecule has 0 spiro atoms. The van der Waals surface area contributed by atoms with Gasteiger partial charge < -0.3 is 10.1 Å². The van der Waals surface area contributed by atoms with Crippen molar-refractivity contribution in [2.75, 3.05) is 0 Å². The van der Waals surface area contributed by atoms with Crippen molar-refractivity contribution in [2.45, 2.75) is 39.8 Å². The molecule has 21 heavy (non-hydrogen) atoms. The Morgan fingerprint density at radius 1 is 1.10 bits per heavy atom. The molecule has 0 aliphatic heterocycles. The van der Waals surface area contributed by atoms with E-state index in [-0.39, 0.29) is 0 Å². The van der Waals surface area contributed by atoms with E-state index in [9.17, 15) is 0 Å². The highest BCUT2D eigenvalue weighted by atomic mass is 79.9. The van der Waals surface area contributed by atoms with Crippen LogP contribution in [0, 0.1) is 0 Å². The first kappa shape index (κ1) is 16.1. The van der Waals surface area contributed by atoms with Gasteiger partial charge >= 0.3 is 0 Å². The fourth-order valence-electron chi connectivity index (χ4n) is 2.01. The molecule has 2 aromatic carbocycles. The minimum absolute atomic E-state index is 0.476. The molecule has 0 saturated carbocycles. The van der Waals surface area contributed by atoms with Crippen molar-refractivity contribution in [2.24, 2.45) is 0 Å². The van der Waals surface area contributed by atoms with E-state index < -0.39 is 0 Å². The summed E-state index contributed by atoms with van der Waals surface area (Å²) in [6.07, 6.45) is 1.01. The number of nitrogens with one attached hydrogen (secondary N) is 1. The molecular formula is C18H22BrNO. The number of halogens is 1. The highest BCUT2D eigenvalue weighted by Gasteiger charge is 2.04. The van der Waals surface area contributed by atoms with E-state index >= 15 is 0 Å². The average Bonchev–Trinajstić information content (AvgIpc) is 2.46. The topological polar surface area (TPSA) is 21.3 Å². The maximum atomic E-state index is 5.93. The summed E-state index contributed by atoms with van der Waals surface area (Å²) in [6.45, 7) is 7.29. The number of benzene rings is 2. The van der Waals surface area contributed by atoms with Crippen LogP contribution in [-0.4, -0.2) is 6.04 Å². The second-order valence-electron chi connectivity index (χ2n) is 5.39. The fourth-order valence-corrected chi connectivity index (χ4v) is 2.51. The van der Waals surface area contributed by atoms with Crippen LogP contribution >= 0.6 is 15.9 Å². The molecule has 0 radical (unpaired) electrons. The van der Waals surface area contributed by atoms with Gasteiger partial charge in [-0.25, -0.2) is 0 Å². The van der Waals surface area contributed by atoms with E-state index in [4.69, 9.17) is 4.74 Å². The van der Waals surface area contributed by atoms with E-state index in [2.05, 4.69) is 60.2 Å². The third-order valence-electron chi connectivity index (χ3n) is 3.27. The Labute approximate surface area is 135 Å². The second-order valence-corrected chi connectivity index (χ2v) is 6.25. The molecule has 2 nitrogen and oxygen atoms in total. The summed E-state index contributed by atoms with van der Waals surface area (Å²) in [5.41, 5.74) is 2.52. The standard InChI is InChI=1S/C18H22BrNO/c1-4-14-6-5-7-16(10-14)21-17-9-8-15(18(19)11-17)12-20-13(2)3/h5-11,13,20H,4,12H2,1-3H3. The molecule has 112 valence electrons. The monoisotopic (exact) mass is 347 g/mol. The van der Waals surface area contributed by atoms with Crippen molar-refractivity contribution in [1.29, 1.82) is 0 Å². The molecule has 2 rings (SSSR count). The molecule has 0 fully saturated rings. The quantitative estimate of drug-likeness (QED) is 0.765. The van der Waals surface area contributed by atoms with Gasteiger partial charge in [-0.15, -0.1) is 0 Å². The third-order valence-corrected chi connectivity index (χ3v) is 4.01. The van der Waals surface area contributed by atoms with Crippen LogP contribution < -0.4 is 10.1 Å². The minimum atomic E-state index is 0.476. The lowest BCUT2D eigenvalue weighted by Gasteiger charge is -2.12. The lowest BCUT2D eigenvalue weighted by molar-refractivity contribution is 0.481. The van der Waals surface area contributed by atoms with Crippen LogP contribution in [0.5, 0.6) is 11.5 Å². The van der Waals surface area contributed by atoms with Gasteiger partial charge in [-0.3, -0.25) is 0 Å². The van der Waals surface area contributed by atoms with Gasteiger partial charge in [0.2, 0.25) is 0 Å². The molecule has 0 heterocycles. The SMILES string of the molecule is CCc1cccc(Oc2ccc(CNC(C)C)c(Br)c2)c1. The molecule has 0 aromatic heterocycles. The van der Waals surface area contributed by atoms with Crippen LogP contribution in [0.15, 0.2) is 46.9 Å². The summed E-state index contributed by atoms with van der Waals surface area (Å²) < 4.78 is 7.00. The third kappa shape index (κ3) is 4.87. The second kappa shape index (κ2) is 7.62. The van der Waals surface area contributed by atoms with Crippen LogP contribution in [0.4, 0.5) is 0 Å². The predicted octanol–water partition coefficient (Wildman–Crippen LogP) is 5.30. The molecule has 0 atom stereocenters. The Morgan fingerprint density at radius 2 is 1.86 bits per heavy atom. The largest absolute Gasteiger partial charge is 0.457 e. The van der Waals surface area contributed by atoms with Gasteiger partial charge in [-0.05, 0) is 41.8 Å². The molecule has 0 amide bonds. The predicted molar refractivity (Wildman–Crippen MR) is 92.0 cm³/mol. The van der Waals surface area contributed by atoms with E-state index in [0.29, 0.717) is 6.04 Å². The van der Waals surface area contributed by atoms with Gasteiger partial charge in [-0.2, -0.15) is 0 Å². The molecule has 0 aliphatic rings. The normalized spacial score (nSPS) is 10.9. The van der Waals surface area contributed by atoms with E-state index in [1.165, 1.54) is 11.1 Å². The van der Waals surface area contributed by atoms with Crippen molar-refractivity contribution in [3.05, 3.63) is 58.1 Å². The van der Waals surface area contributed by atoms with Gasteiger partial charge in [-0.1, -0.05) is 54.9 Å². The Balaban J connectivity index is 2.09. The zero-order valence-corrected chi connectivity index (χ0v) is 14.4. The van der Waals surface area contributed by atoms with Gasteiger partial charge in [0, 0.05) is 17.1 Å². The number of hydrogen-bond acceptors (Lipinski definition) is 2. The highest BCUT2D eigenvalue weighted by molar-refractivity contribution is 9.10. The summed E-state index contributed by atoms with van der Waals surface area (Å²) in [6, 6.07) is 14.8. The zero-order chi connectivity index (χ0) is 15.2. The Hall–Kier alpha value is -1.32. The summed E-state index contributed by atoms with van der Waals surface area (Å²) in [7, 11) is 0. The van der Waals surface area contributed by atoms with E-state index in [1.807, 2.05) is 24.3 Å². The average molecular weight is 348 g/mol. The molecule has 0 unspecified atom stereocenters. The van der Waals surface area contributed by atoms with Crippen LogP contribution in [0.3, 0.4) is 0 Å². The highest BCUT2D eigenvalue weighted by Crippen LogP contribution is 2.27. The fraction of sp³-hybridized carbons (Fsp3) is 0.333. The molecule has 0 bridgehead atoms. The molecule has 2 aromatic rings. The molecule has 0 saturated heterocycles. The zero-order valence-electron chi connectivity index (χ0n) is 12.8. The first-order valence-electron chi connectivity index (χ1n) is 7.37. The first-order valence-corrected chi connectivity index (χ1v) is 8.16. The smallest absolute Gasteiger partial charge is 0.128 e. The lowest BCUT2D eigenvalue weighted by Crippen LogP contribution is -2.21. The van der Waals surface area contributed by atoms with Crippen LogP contribution in [-0.2, 0) is 13.0 Å². The van der Waals surface area contributed by atoms with Gasteiger partial charge in [0.05, 0.1) is 0 Å². The van der Waals surface area contributed by atoms with E-state index in [0.717, 1.165) is 28.9 Å². The number of hydrogen-bond donors (Lipinski definition) is 1. The number of ether oxygens (including phenoxy) is 1. The summed E-state index contributed by atoms with van der Waals surface area (Å²) in [5.74, 6) is 1.73. The van der Waals surface area contributed by atoms with Gasteiger partial charge in [0.1, 0.15) is 11.5 Å². The lowest BCUT2D eigenvalue weighted by atomic mass is 10.1. The number of aryl methyl sites for hydroxylation is 1. The molecular weight excluding hydrogens is 326 g/mol. The van der Waals surface area contributed by atoms with Crippen LogP contribution in [0.2, 0.25) is 0 Å². The van der Waals surface area contributed by atoms with E-state index in [1.54, 1.807) is 0 Å². The van der Waals surface area contributed by atoms with Gasteiger partial charge in [0.15, 0.2) is 0 Å². The van der Waals surface area contributed by atoms with Crippen molar-refractivity contribution in [3.63, 3.8) is 0 Å². The summed E-state index contributed by atoms with van der Waals surface area (Å²) >= 11 is 3.62. The Kier molecular flexibility index (Phi) is 5.83. The molecule has 1 N–H and O–H groups in total. The summed E-state index contributed by atoms with van der Waals surface area (Å²) in [4.78, 5) is 0. The van der Waals surface area contributed by atoms with Crippen LogP contribution in [0.25, 0.3) is 0 Å². The van der Waals surface area contributed by atoms with Crippen molar-refractivity contribution >= 4 is 15.9 Å². The Morgan fingerprint density at radius 3 is 2.52 bits per heavy atom. The van der Waals surface area contributed by atoms with Crippen molar-refractivity contribution in [3.8, 4) is 11.5 Å². The van der Waals surface area contributed by atoms with Gasteiger partial charge in [0.25, 0.3) is 0 Å².